The van der Waals surface area contributed by atoms with Crippen molar-refractivity contribution in [3.63, 3.8) is 0 Å². The smallest absolute Gasteiger partial charge is 0.287 e. The van der Waals surface area contributed by atoms with Gasteiger partial charge in [-0.3, -0.25) is 14.5 Å². The van der Waals surface area contributed by atoms with Crippen LogP contribution < -0.4 is 16.6 Å². The van der Waals surface area contributed by atoms with Gasteiger partial charge in [0.1, 0.15) is 11.1 Å². The molecule has 6 rings (SSSR count). The quantitative estimate of drug-likeness (QED) is 0.257. The van der Waals surface area contributed by atoms with Gasteiger partial charge in [-0.25, -0.2) is 4.98 Å². The van der Waals surface area contributed by atoms with Gasteiger partial charge in [0.2, 0.25) is 5.82 Å². The number of nitrogens with two attached hydrogens (primary N) is 1. The van der Waals surface area contributed by atoms with Crippen LogP contribution in [0.1, 0.15) is 55.7 Å². The number of nitrogens with zero attached hydrogens (tertiary/aromatic N) is 2. The van der Waals surface area contributed by atoms with E-state index in [-0.39, 0.29) is 17.9 Å². The molecular weight excluding hydrogens is 550 g/mol. The number of aryl methyl sites for hydroxylation is 1. The second-order valence-corrected chi connectivity index (χ2v) is 12.3. The Kier molecular flexibility index (Phi) is 8.30. The first kappa shape index (κ1) is 28.4. The van der Waals surface area contributed by atoms with Crippen LogP contribution >= 0.6 is 11.3 Å². The van der Waals surface area contributed by atoms with Crippen molar-refractivity contribution in [3.05, 3.63) is 97.4 Å². The molecular formula is C32H35N5O4S. The van der Waals surface area contributed by atoms with Gasteiger partial charge in [0.05, 0.1) is 24.1 Å². The summed E-state index contributed by atoms with van der Waals surface area (Å²) in [4.78, 5) is 49.2. The van der Waals surface area contributed by atoms with E-state index in [0.717, 1.165) is 55.2 Å². The minimum absolute atomic E-state index is 0.0239. The van der Waals surface area contributed by atoms with Gasteiger partial charge in [0.15, 0.2) is 0 Å². The molecule has 0 fully saturated rings. The molecule has 4 N–H and O–H groups in total. The summed E-state index contributed by atoms with van der Waals surface area (Å²) in [6.07, 6.45) is 4.40. The summed E-state index contributed by atoms with van der Waals surface area (Å²) < 4.78 is 5.15. The number of thiophene rings is 1. The molecule has 1 aliphatic heterocycles. The maximum atomic E-state index is 13.1. The standard InChI is InChI=1S/C32H35N5O4S/c1-41-18-25(33)26(17-38)37-12-11-21-8-7-19(13-23(21)16-37)15-34-31(40)29-35-30(39)28-24-10-9-22(20-5-3-2-4-6-20)14-27(24)42-32(28)36-29/h2-8,13,17,22,25-26H,9-12,14-16,18,33H2,1H3,(H,34,40)(H,35,36,39). The number of nitrogens with one attached hydrogen (secondary N) is 2. The Labute approximate surface area is 248 Å². The Morgan fingerprint density at radius 2 is 2.07 bits per heavy atom. The number of aldehydes is 1. The zero-order valence-corrected chi connectivity index (χ0v) is 24.4. The SMILES string of the molecule is COCC(N)C(C=O)N1CCc2ccc(CNC(=O)c3nc4sc5c(c4c(=O)[nH]3)CCC(c3ccccc3)C5)cc2C1. The van der Waals surface area contributed by atoms with Gasteiger partial charge in [-0.2, -0.15) is 0 Å². The molecule has 1 aliphatic carbocycles. The molecule has 218 valence electrons. The first-order valence-corrected chi connectivity index (χ1v) is 15.2. The van der Waals surface area contributed by atoms with Gasteiger partial charge < -0.3 is 25.6 Å². The number of rotatable bonds is 9. The normalized spacial score (nSPS) is 18.2. The number of hydrogen-bond acceptors (Lipinski definition) is 8. The van der Waals surface area contributed by atoms with Crippen molar-refractivity contribution in [2.24, 2.45) is 5.73 Å². The van der Waals surface area contributed by atoms with Gasteiger partial charge >= 0.3 is 0 Å². The van der Waals surface area contributed by atoms with Crippen LogP contribution in [0.4, 0.5) is 0 Å². The number of amides is 1. The molecule has 3 heterocycles. The van der Waals surface area contributed by atoms with Crippen molar-refractivity contribution >= 4 is 33.7 Å². The second-order valence-electron chi connectivity index (χ2n) is 11.2. The maximum Gasteiger partial charge on any atom is 0.287 e. The van der Waals surface area contributed by atoms with Crippen LogP contribution in [-0.2, 0) is 41.9 Å². The molecule has 4 aromatic rings. The highest BCUT2D eigenvalue weighted by Gasteiger charge is 2.29. The van der Waals surface area contributed by atoms with Crippen LogP contribution in [0.3, 0.4) is 0 Å². The third kappa shape index (κ3) is 5.67. The lowest BCUT2D eigenvalue weighted by molar-refractivity contribution is -0.114. The monoisotopic (exact) mass is 585 g/mol. The maximum absolute atomic E-state index is 13.1. The van der Waals surface area contributed by atoms with E-state index < -0.39 is 18.0 Å². The predicted octanol–water partition coefficient (Wildman–Crippen LogP) is 3.09. The molecule has 2 aliphatic rings. The van der Waals surface area contributed by atoms with Crippen LogP contribution in [0, 0.1) is 0 Å². The summed E-state index contributed by atoms with van der Waals surface area (Å²) in [5.74, 6) is 0.0213. The van der Waals surface area contributed by atoms with Crippen LogP contribution in [0.2, 0.25) is 0 Å². The predicted molar refractivity (Wildman–Crippen MR) is 163 cm³/mol. The molecule has 0 spiro atoms. The van der Waals surface area contributed by atoms with Crippen molar-refractivity contribution in [1.29, 1.82) is 0 Å². The highest BCUT2D eigenvalue weighted by molar-refractivity contribution is 7.18. The van der Waals surface area contributed by atoms with Crippen LogP contribution in [0.25, 0.3) is 10.2 Å². The van der Waals surface area contributed by atoms with Crippen molar-refractivity contribution in [2.45, 2.75) is 56.8 Å². The minimum atomic E-state index is -0.425. The molecule has 3 atom stereocenters. The number of ether oxygens (including phenoxy) is 1. The van der Waals surface area contributed by atoms with E-state index in [1.54, 1.807) is 7.11 Å². The third-order valence-electron chi connectivity index (χ3n) is 8.53. The van der Waals surface area contributed by atoms with Crippen LogP contribution in [-0.4, -0.2) is 59.4 Å². The van der Waals surface area contributed by atoms with Gasteiger partial charge in [-0.15, -0.1) is 11.3 Å². The number of carbonyl (C=O) groups excluding carboxylic acids is 2. The molecule has 0 radical (unpaired) electrons. The average Bonchev–Trinajstić information content (AvgIpc) is 3.39. The van der Waals surface area contributed by atoms with Crippen LogP contribution in [0.15, 0.2) is 53.3 Å². The van der Waals surface area contributed by atoms with Gasteiger partial charge in [-0.05, 0) is 59.4 Å². The van der Waals surface area contributed by atoms with E-state index in [0.29, 0.717) is 29.3 Å². The molecule has 3 unspecified atom stereocenters. The molecule has 0 saturated heterocycles. The van der Waals surface area contributed by atoms with E-state index >= 15 is 0 Å². The third-order valence-corrected chi connectivity index (χ3v) is 9.68. The lowest BCUT2D eigenvalue weighted by atomic mass is 9.83. The van der Waals surface area contributed by atoms with Crippen molar-refractivity contribution in [2.75, 3.05) is 20.3 Å². The van der Waals surface area contributed by atoms with E-state index in [4.69, 9.17) is 10.5 Å². The number of aromatic amines is 1. The van der Waals surface area contributed by atoms with E-state index in [2.05, 4.69) is 56.6 Å². The lowest BCUT2D eigenvalue weighted by Crippen LogP contribution is -2.52. The molecule has 1 amide bonds. The summed E-state index contributed by atoms with van der Waals surface area (Å²) in [5.41, 5.74) is 11.6. The summed E-state index contributed by atoms with van der Waals surface area (Å²) in [7, 11) is 1.58. The van der Waals surface area contributed by atoms with Gasteiger partial charge in [-0.1, -0.05) is 48.5 Å². The summed E-state index contributed by atoms with van der Waals surface area (Å²) >= 11 is 1.53. The number of carbonyl (C=O) groups is 2. The molecule has 0 bridgehead atoms. The second kappa shape index (κ2) is 12.3. The Balaban J connectivity index is 1.14. The molecule has 9 nitrogen and oxygen atoms in total. The fraction of sp³-hybridized carbons (Fsp3) is 0.375. The van der Waals surface area contributed by atoms with Crippen molar-refractivity contribution in [3.8, 4) is 0 Å². The number of benzene rings is 2. The minimum Gasteiger partial charge on any atom is -0.383 e. The first-order chi connectivity index (χ1) is 20.4. The fourth-order valence-corrected chi connectivity index (χ4v) is 7.61. The Morgan fingerprint density at radius 1 is 1.24 bits per heavy atom. The number of aromatic nitrogens is 2. The van der Waals surface area contributed by atoms with Crippen LogP contribution in [0.5, 0.6) is 0 Å². The summed E-state index contributed by atoms with van der Waals surface area (Å²) in [5, 5.41) is 3.53. The first-order valence-electron chi connectivity index (χ1n) is 14.4. The van der Waals surface area contributed by atoms with Crippen molar-refractivity contribution in [1.82, 2.24) is 20.2 Å². The lowest BCUT2D eigenvalue weighted by Gasteiger charge is -2.35. The Bertz CT molecular complexity index is 1670. The van der Waals surface area contributed by atoms with Gasteiger partial charge in [0.25, 0.3) is 11.5 Å². The summed E-state index contributed by atoms with van der Waals surface area (Å²) in [6, 6.07) is 15.8. The Hall–Kier alpha value is -3.70. The van der Waals surface area contributed by atoms with E-state index in [1.165, 1.54) is 27.3 Å². The zero-order valence-electron chi connectivity index (χ0n) is 23.6. The topological polar surface area (TPSA) is 130 Å². The average molecular weight is 586 g/mol. The number of H-pyrrole nitrogens is 1. The highest BCUT2D eigenvalue weighted by atomic mass is 32.1. The number of methoxy groups -OCH3 is 1. The Morgan fingerprint density at radius 3 is 2.86 bits per heavy atom. The van der Waals surface area contributed by atoms with Gasteiger partial charge in [0, 0.05) is 31.6 Å². The molecule has 10 heteroatoms. The fourth-order valence-electron chi connectivity index (χ4n) is 6.31. The van der Waals surface area contributed by atoms with E-state index in [9.17, 15) is 14.4 Å². The molecule has 2 aromatic carbocycles. The highest BCUT2D eigenvalue weighted by Crippen LogP contribution is 2.39. The summed E-state index contributed by atoms with van der Waals surface area (Å²) in [6.45, 7) is 1.93. The largest absolute Gasteiger partial charge is 0.383 e. The molecule has 42 heavy (non-hydrogen) atoms. The number of fused-ring (bicyclic) bond motifs is 4. The molecule has 0 saturated carbocycles. The molecule has 2 aromatic heterocycles. The van der Waals surface area contributed by atoms with E-state index in [1.807, 2.05) is 12.1 Å². The van der Waals surface area contributed by atoms with Crippen molar-refractivity contribution < 1.29 is 14.3 Å². The zero-order chi connectivity index (χ0) is 29.2. The number of hydrogen-bond donors (Lipinski definition) is 3.